The van der Waals surface area contributed by atoms with E-state index >= 15 is 0 Å². The molecule has 2 rings (SSSR count). The third-order valence-electron chi connectivity index (χ3n) is 2.95. The average Bonchev–Trinajstić information content (AvgIpc) is 2.71. The molecule has 92 valence electrons. The summed E-state index contributed by atoms with van der Waals surface area (Å²) in [4.78, 5) is 4.34. The monoisotopic (exact) mass is 233 g/mol. The minimum absolute atomic E-state index is 0.299. The molecule has 0 atom stereocenters. The van der Waals surface area contributed by atoms with Gasteiger partial charge in [-0.15, -0.1) is 0 Å². The second kappa shape index (κ2) is 5.68. The minimum atomic E-state index is 0.299. The van der Waals surface area contributed by atoms with Gasteiger partial charge in [0.1, 0.15) is 0 Å². The molecule has 0 aliphatic heterocycles. The van der Waals surface area contributed by atoms with E-state index in [2.05, 4.69) is 9.55 Å². The third-order valence-corrected chi connectivity index (χ3v) is 2.95. The fraction of sp³-hybridized carbons (Fsp3) is 0.462. The number of nitrogens with two attached hydrogens (primary N) is 1. The van der Waals surface area contributed by atoms with Crippen molar-refractivity contribution in [3.8, 4) is 0 Å². The lowest BCUT2D eigenvalue weighted by molar-refractivity contribution is 0.282. The normalized spacial score (nSPS) is 11.1. The molecular weight excluding hydrogens is 214 g/mol. The average molecular weight is 233 g/mol. The van der Waals surface area contributed by atoms with E-state index in [1.54, 1.807) is 0 Å². The van der Waals surface area contributed by atoms with Gasteiger partial charge >= 0.3 is 0 Å². The van der Waals surface area contributed by atoms with E-state index in [0.29, 0.717) is 6.61 Å². The second-order valence-corrected chi connectivity index (χ2v) is 4.32. The Morgan fingerprint density at radius 3 is 2.82 bits per heavy atom. The van der Waals surface area contributed by atoms with Crippen LogP contribution in [0.25, 0.3) is 11.0 Å². The van der Waals surface area contributed by atoms with Crippen molar-refractivity contribution in [2.24, 2.45) is 0 Å². The number of rotatable bonds is 6. The first-order valence-electron chi connectivity index (χ1n) is 6.12. The Labute approximate surface area is 101 Å². The van der Waals surface area contributed by atoms with Crippen molar-refractivity contribution in [1.29, 1.82) is 0 Å². The van der Waals surface area contributed by atoms with Crippen molar-refractivity contribution in [3.63, 3.8) is 0 Å². The van der Waals surface area contributed by atoms with E-state index in [1.807, 2.05) is 24.5 Å². The minimum Gasteiger partial charge on any atom is -0.399 e. The first-order chi connectivity index (χ1) is 8.31. The van der Waals surface area contributed by atoms with Gasteiger partial charge in [0.25, 0.3) is 0 Å². The van der Waals surface area contributed by atoms with E-state index in [9.17, 15) is 0 Å². The molecule has 4 nitrogen and oxygen atoms in total. The summed E-state index contributed by atoms with van der Waals surface area (Å²) in [5.74, 6) is 0. The van der Waals surface area contributed by atoms with Crippen molar-refractivity contribution in [2.75, 3.05) is 12.3 Å². The zero-order chi connectivity index (χ0) is 12.1. The summed E-state index contributed by atoms with van der Waals surface area (Å²) >= 11 is 0. The van der Waals surface area contributed by atoms with Gasteiger partial charge in [-0.1, -0.05) is 12.8 Å². The molecule has 0 unspecified atom stereocenters. The van der Waals surface area contributed by atoms with Crippen LogP contribution in [0.15, 0.2) is 24.5 Å². The van der Waals surface area contributed by atoms with Crippen LogP contribution in [0.5, 0.6) is 0 Å². The van der Waals surface area contributed by atoms with Crippen LogP contribution in [0.3, 0.4) is 0 Å². The lowest BCUT2D eigenvalue weighted by Gasteiger charge is -2.04. The number of hydrogen-bond acceptors (Lipinski definition) is 3. The van der Waals surface area contributed by atoms with Gasteiger partial charge in [0.2, 0.25) is 0 Å². The molecule has 3 N–H and O–H groups in total. The van der Waals surface area contributed by atoms with Gasteiger partial charge in [-0.25, -0.2) is 4.98 Å². The molecule has 4 heteroatoms. The highest BCUT2D eigenvalue weighted by atomic mass is 16.2. The van der Waals surface area contributed by atoms with Gasteiger partial charge in [0.15, 0.2) is 0 Å². The second-order valence-electron chi connectivity index (χ2n) is 4.32. The molecule has 0 saturated heterocycles. The summed E-state index contributed by atoms with van der Waals surface area (Å²) in [7, 11) is 0. The van der Waals surface area contributed by atoms with Gasteiger partial charge in [0.05, 0.1) is 17.4 Å². The molecule has 1 heterocycles. The van der Waals surface area contributed by atoms with Crippen LogP contribution in [0.2, 0.25) is 0 Å². The Balaban J connectivity index is 1.95. The number of nitrogens with zero attached hydrogens (tertiary/aromatic N) is 2. The van der Waals surface area contributed by atoms with Crippen molar-refractivity contribution >= 4 is 16.7 Å². The van der Waals surface area contributed by atoms with Gasteiger partial charge in [-0.05, 0) is 31.0 Å². The van der Waals surface area contributed by atoms with Crippen LogP contribution in [-0.4, -0.2) is 21.3 Å². The Morgan fingerprint density at radius 1 is 1.18 bits per heavy atom. The topological polar surface area (TPSA) is 64.1 Å². The zero-order valence-electron chi connectivity index (χ0n) is 9.97. The standard InChI is InChI=1S/C13H19N3O/c14-11-5-6-13-12(9-11)15-10-16(13)7-3-1-2-4-8-17/h5-6,9-10,17H,1-4,7-8,14H2. The summed E-state index contributed by atoms with van der Waals surface area (Å²) in [5.41, 5.74) is 8.57. The SMILES string of the molecule is Nc1ccc2c(c1)ncn2CCCCCCO. The number of aromatic nitrogens is 2. The van der Waals surface area contributed by atoms with Crippen molar-refractivity contribution < 1.29 is 5.11 Å². The number of aryl methyl sites for hydroxylation is 1. The van der Waals surface area contributed by atoms with E-state index in [4.69, 9.17) is 10.8 Å². The van der Waals surface area contributed by atoms with Gasteiger partial charge in [-0.2, -0.15) is 0 Å². The first kappa shape index (κ1) is 11.9. The largest absolute Gasteiger partial charge is 0.399 e. The molecule has 1 aromatic heterocycles. The molecule has 0 spiro atoms. The maximum Gasteiger partial charge on any atom is 0.0958 e. The number of aliphatic hydroxyl groups is 1. The van der Waals surface area contributed by atoms with Crippen molar-refractivity contribution in [2.45, 2.75) is 32.2 Å². The lowest BCUT2D eigenvalue weighted by atomic mass is 10.2. The predicted octanol–water partition coefficient (Wildman–Crippen LogP) is 2.17. The van der Waals surface area contributed by atoms with Gasteiger partial charge < -0.3 is 15.4 Å². The molecule has 0 radical (unpaired) electrons. The summed E-state index contributed by atoms with van der Waals surface area (Å²) < 4.78 is 2.16. The molecule has 17 heavy (non-hydrogen) atoms. The molecule has 0 saturated carbocycles. The summed E-state index contributed by atoms with van der Waals surface area (Å²) in [6, 6.07) is 5.83. The molecular formula is C13H19N3O. The number of hydrogen-bond donors (Lipinski definition) is 2. The molecule has 0 amide bonds. The number of unbranched alkanes of at least 4 members (excludes halogenated alkanes) is 3. The van der Waals surface area contributed by atoms with Gasteiger partial charge in [0, 0.05) is 18.8 Å². The van der Waals surface area contributed by atoms with Crippen LogP contribution >= 0.6 is 0 Å². The van der Waals surface area contributed by atoms with Crippen LogP contribution in [0.4, 0.5) is 5.69 Å². The van der Waals surface area contributed by atoms with Crippen LogP contribution in [0.1, 0.15) is 25.7 Å². The third kappa shape index (κ3) is 2.97. The number of benzene rings is 1. The Hall–Kier alpha value is -1.55. The number of fused-ring (bicyclic) bond motifs is 1. The number of aliphatic hydroxyl groups excluding tert-OH is 1. The number of nitrogen functional groups attached to an aromatic ring is 1. The Bertz CT molecular complexity index is 478. The van der Waals surface area contributed by atoms with E-state index in [-0.39, 0.29) is 0 Å². The smallest absolute Gasteiger partial charge is 0.0958 e. The van der Waals surface area contributed by atoms with Crippen LogP contribution < -0.4 is 5.73 Å². The molecule has 0 aliphatic rings. The van der Waals surface area contributed by atoms with E-state index < -0.39 is 0 Å². The fourth-order valence-electron chi connectivity index (χ4n) is 2.01. The molecule has 1 aromatic carbocycles. The first-order valence-corrected chi connectivity index (χ1v) is 6.12. The zero-order valence-corrected chi connectivity index (χ0v) is 9.97. The number of imidazole rings is 1. The summed E-state index contributed by atoms with van der Waals surface area (Å²) in [5, 5.41) is 8.69. The summed E-state index contributed by atoms with van der Waals surface area (Å²) in [6.45, 7) is 1.28. The quantitative estimate of drug-likeness (QED) is 0.593. The van der Waals surface area contributed by atoms with E-state index in [1.165, 1.54) is 0 Å². The number of anilines is 1. The maximum absolute atomic E-state index is 8.69. The highest BCUT2D eigenvalue weighted by Crippen LogP contribution is 2.16. The molecule has 0 aliphatic carbocycles. The fourth-order valence-corrected chi connectivity index (χ4v) is 2.01. The predicted molar refractivity (Wildman–Crippen MR) is 69.7 cm³/mol. The maximum atomic E-state index is 8.69. The highest BCUT2D eigenvalue weighted by molar-refractivity contribution is 5.78. The molecule has 0 fully saturated rings. The Morgan fingerprint density at radius 2 is 2.00 bits per heavy atom. The van der Waals surface area contributed by atoms with Crippen molar-refractivity contribution in [1.82, 2.24) is 9.55 Å². The molecule has 2 aromatic rings. The lowest BCUT2D eigenvalue weighted by Crippen LogP contribution is -1.96. The van der Waals surface area contributed by atoms with E-state index in [0.717, 1.165) is 48.9 Å². The summed E-state index contributed by atoms with van der Waals surface area (Å²) in [6.07, 6.45) is 6.14. The molecule has 0 bridgehead atoms. The van der Waals surface area contributed by atoms with Crippen LogP contribution in [0, 0.1) is 0 Å². The Kier molecular flexibility index (Phi) is 3.98. The van der Waals surface area contributed by atoms with Crippen LogP contribution in [-0.2, 0) is 6.54 Å². The highest BCUT2D eigenvalue weighted by Gasteiger charge is 2.02. The van der Waals surface area contributed by atoms with Gasteiger partial charge in [-0.3, -0.25) is 0 Å². The van der Waals surface area contributed by atoms with Crippen molar-refractivity contribution in [3.05, 3.63) is 24.5 Å².